The predicted molar refractivity (Wildman–Crippen MR) is 159 cm³/mol. The van der Waals surface area contributed by atoms with E-state index in [4.69, 9.17) is 4.98 Å². The van der Waals surface area contributed by atoms with Gasteiger partial charge >= 0.3 is 6.03 Å². The van der Waals surface area contributed by atoms with Crippen molar-refractivity contribution in [2.24, 2.45) is 7.05 Å². The van der Waals surface area contributed by atoms with Gasteiger partial charge in [0.1, 0.15) is 5.82 Å². The van der Waals surface area contributed by atoms with E-state index in [-0.39, 0.29) is 17.8 Å². The summed E-state index contributed by atoms with van der Waals surface area (Å²) in [4.78, 5) is 23.6. The molecule has 1 saturated carbocycles. The first kappa shape index (κ1) is 32.0. The van der Waals surface area contributed by atoms with Crippen LogP contribution < -0.4 is 4.72 Å². The molecule has 1 aromatic heterocycles. The summed E-state index contributed by atoms with van der Waals surface area (Å²) in [7, 11) is 1.91. The molecule has 1 aromatic carbocycles. The van der Waals surface area contributed by atoms with Crippen LogP contribution in [0.15, 0.2) is 30.3 Å². The number of aryl methyl sites for hydroxylation is 2. The fourth-order valence-electron chi connectivity index (χ4n) is 5.39. The number of benzene rings is 1. The van der Waals surface area contributed by atoms with Crippen LogP contribution in [-0.4, -0.2) is 89.4 Å². The predicted octanol–water partition coefficient (Wildman–Crippen LogP) is 3.96. The third-order valence-corrected chi connectivity index (χ3v) is 9.45. The van der Waals surface area contributed by atoms with E-state index in [2.05, 4.69) is 28.6 Å². The Balaban J connectivity index is 1.71. The Kier molecular flexibility index (Phi) is 12.4. The number of aromatic nitrogens is 3. The number of sulfonamides is 1. The molecule has 1 heterocycles. The van der Waals surface area contributed by atoms with Crippen LogP contribution >= 0.6 is 0 Å². The molecule has 40 heavy (non-hydrogen) atoms. The Labute approximate surface area is 241 Å². The van der Waals surface area contributed by atoms with Crippen LogP contribution in [0.4, 0.5) is 4.79 Å². The second kappa shape index (κ2) is 15.5. The first-order valence-corrected chi connectivity index (χ1v) is 16.4. The van der Waals surface area contributed by atoms with Crippen molar-refractivity contribution in [3.63, 3.8) is 0 Å². The molecule has 224 valence electrons. The molecule has 1 N–H and O–H groups in total. The Morgan fingerprint density at radius 3 is 2.42 bits per heavy atom. The lowest BCUT2D eigenvalue weighted by atomic mass is 9.95. The van der Waals surface area contributed by atoms with Gasteiger partial charge in [0.25, 0.3) is 0 Å². The molecule has 0 saturated heterocycles. The fraction of sp³-hybridized carbons (Fsp3) is 0.690. The summed E-state index contributed by atoms with van der Waals surface area (Å²) in [6.07, 6.45) is 7.42. The minimum absolute atomic E-state index is 0.0361. The summed E-state index contributed by atoms with van der Waals surface area (Å²) in [5.41, 5.74) is 1.13. The van der Waals surface area contributed by atoms with Gasteiger partial charge in [-0.2, -0.15) is 5.10 Å². The average Bonchev–Trinajstić information content (AvgIpc) is 3.33. The van der Waals surface area contributed by atoms with Crippen molar-refractivity contribution >= 4 is 16.1 Å². The zero-order chi connectivity index (χ0) is 29.1. The molecule has 1 atom stereocenters. The molecule has 10 nitrogen and oxygen atoms in total. The monoisotopic (exact) mass is 575 g/mol. The van der Waals surface area contributed by atoms with Crippen LogP contribution in [0.2, 0.25) is 0 Å². The number of rotatable bonds is 15. The summed E-state index contributed by atoms with van der Waals surface area (Å²) in [5.74, 6) is 1.10. The van der Waals surface area contributed by atoms with Gasteiger partial charge in [-0.25, -0.2) is 22.9 Å². The Morgan fingerprint density at radius 2 is 1.77 bits per heavy atom. The van der Waals surface area contributed by atoms with Gasteiger partial charge in [0, 0.05) is 27.2 Å². The molecule has 0 spiro atoms. The summed E-state index contributed by atoms with van der Waals surface area (Å²) in [6.45, 7) is 7.00. The molecule has 0 radical (unpaired) electrons. The number of carbonyl (C=O) groups excluding carboxylic acids is 1. The third-order valence-electron chi connectivity index (χ3n) is 7.98. The lowest BCUT2D eigenvalue weighted by Gasteiger charge is -2.33. The van der Waals surface area contributed by atoms with Crippen molar-refractivity contribution in [2.75, 3.05) is 39.5 Å². The molecular weight excluding hydrogens is 526 g/mol. The molecule has 1 aliphatic carbocycles. The highest BCUT2D eigenvalue weighted by atomic mass is 32.2. The summed E-state index contributed by atoms with van der Waals surface area (Å²) in [5, 5.41) is 4.61. The number of hydrogen-bond donors (Lipinski definition) is 1. The highest BCUT2D eigenvalue weighted by Crippen LogP contribution is 2.23. The standard InChI is InChI=1S/C29H49N7O3S/c1-6-36(7-2)21-14-22-40(38,39)32-26(20-19-24-15-10-8-11-16-24)28-30-27(35(5)31-28)23-33(3)29(37)34(4)25-17-12-9-13-18-25/h8,10-11,15-16,25-26,32H,6-7,9,12-14,17-23H2,1-5H3/t26-/m1/s1. The van der Waals surface area contributed by atoms with Gasteiger partial charge in [0.15, 0.2) is 5.82 Å². The van der Waals surface area contributed by atoms with E-state index < -0.39 is 16.1 Å². The van der Waals surface area contributed by atoms with Gasteiger partial charge in [-0.05, 0) is 57.3 Å². The first-order chi connectivity index (χ1) is 19.1. The molecule has 11 heteroatoms. The molecule has 0 bridgehead atoms. The van der Waals surface area contributed by atoms with Crippen molar-refractivity contribution in [2.45, 2.75) is 83.8 Å². The first-order valence-electron chi connectivity index (χ1n) is 14.8. The van der Waals surface area contributed by atoms with Crippen LogP contribution in [-0.2, 0) is 30.0 Å². The van der Waals surface area contributed by atoms with Crippen LogP contribution in [0.25, 0.3) is 0 Å². The quantitative estimate of drug-likeness (QED) is 0.345. The number of urea groups is 1. The fourth-order valence-corrected chi connectivity index (χ4v) is 6.67. The lowest BCUT2D eigenvalue weighted by molar-refractivity contribution is 0.140. The van der Waals surface area contributed by atoms with Crippen molar-refractivity contribution in [1.29, 1.82) is 0 Å². The molecule has 2 amide bonds. The van der Waals surface area contributed by atoms with E-state index in [0.29, 0.717) is 37.5 Å². The second-order valence-electron chi connectivity index (χ2n) is 10.9. The maximum atomic E-state index is 13.1. The summed E-state index contributed by atoms with van der Waals surface area (Å²) >= 11 is 0. The van der Waals surface area contributed by atoms with Crippen LogP contribution in [0.1, 0.15) is 82.0 Å². The molecule has 0 unspecified atom stereocenters. The van der Waals surface area contributed by atoms with Crippen molar-refractivity contribution in [1.82, 2.24) is 34.2 Å². The highest BCUT2D eigenvalue weighted by molar-refractivity contribution is 7.89. The number of hydrogen-bond acceptors (Lipinski definition) is 6. The number of nitrogens with one attached hydrogen (secondary N) is 1. The summed E-state index contributed by atoms with van der Waals surface area (Å²) in [6, 6.07) is 9.68. The molecule has 0 aliphatic heterocycles. The van der Waals surface area contributed by atoms with E-state index in [9.17, 15) is 13.2 Å². The number of carbonyl (C=O) groups is 1. The van der Waals surface area contributed by atoms with Crippen LogP contribution in [0.3, 0.4) is 0 Å². The molecule has 3 rings (SSSR count). The molecule has 1 aliphatic rings. The van der Waals surface area contributed by atoms with Crippen LogP contribution in [0, 0.1) is 0 Å². The van der Waals surface area contributed by atoms with E-state index in [0.717, 1.165) is 50.9 Å². The highest BCUT2D eigenvalue weighted by Gasteiger charge is 2.27. The van der Waals surface area contributed by atoms with E-state index in [1.54, 1.807) is 23.7 Å². The average molecular weight is 576 g/mol. The van der Waals surface area contributed by atoms with Gasteiger partial charge in [0.05, 0.1) is 18.3 Å². The Morgan fingerprint density at radius 1 is 1.10 bits per heavy atom. The normalized spacial score (nSPS) is 15.3. The zero-order valence-corrected chi connectivity index (χ0v) is 25.9. The SMILES string of the molecule is CCN(CC)CCCS(=O)(=O)N[C@H](CCc1ccccc1)c1nc(CN(C)C(=O)N(C)C2CCCCC2)n(C)n1. The largest absolute Gasteiger partial charge is 0.325 e. The Bertz CT molecular complexity index is 1150. The Hall–Kier alpha value is -2.50. The van der Waals surface area contributed by atoms with E-state index in [1.165, 1.54) is 6.42 Å². The summed E-state index contributed by atoms with van der Waals surface area (Å²) < 4.78 is 30.8. The number of amides is 2. The maximum Gasteiger partial charge on any atom is 0.320 e. The van der Waals surface area contributed by atoms with E-state index >= 15 is 0 Å². The zero-order valence-electron chi connectivity index (χ0n) is 25.1. The number of nitrogens with zero attached hydrogens (tertiary/aromatic N) is 6. The molecular formula is C29H49N7O3S. The molecule has 1 fully saturated rings. The van der Waals surface area contributed by atoms with Gasteiger partial charge in [-0.15, -0.1) is 0 Å². The second-order valence-corrected chi connectivity index (χ2v) is 12.8. The van der Waals surface area contributed by atoms with Crippen molar-refractivity contribution in [3.05, 3.63) is 47.5 Å². The van der Waals surface area contributed by atoms with Gasteiger partial charge in [-0.3, -0.25) is 4.68 Å². The maximum absolute atomic E-state index is 13.1. The topological polar surface area (TPSA) is 104 Å². The van der Waals surface area contributed by atoms with E-state index in [1.807, 2.05) is 42.3 Å². The van der Waals surface area contributed by atoms with Gasteiger partial charge in [0.2, 0.25) is 10.0 Å². The van der Waals surface area contributed by atoms with Crippen molar-refractivity contribution < 1.29 is 13.2 Å². The van der Waals surface area contributed by atoms with Crippen LogP contribution in [0.5, 0.6) is 0 Å². The third kappa shape index (κ3) is 9.55. The van der Waals surface area contributed by atoms with Gasteiger partial charge in [-0.1, -0.05) is 63.4 Å². The lowest BCUT2D eigenvalue weighted by Crippen LogP contribution is -2.45. The molecule has 2 aromatic rings. The minimum Gasteiger partial charge on any atom is -0.325 e. The smallest absolute Gasteiger partial charge is 0.320 e. The minimum atomic E-state index is -3.55. The van der Waals surface area contributed by atoms with Crippen molar-refractivity contribution in [3.8, 4) is 0 Å². The van der Waals surface area contributed by atoms with Gasteiger partial charge < -0.3 is 14.7 Å².